The molecule has 0 aliphatic carbocycles. The Morgan fingerprint density at radius 2 is 1.85 bits per heavy atom. The van der Waals surface area contributed by atoms with Crippen LogP contribution in [0.25, 0.3) is 0 Å². The second-order valence-electron chi connectivity index (χ2n) is 7.23. The first-order chi connectivity index (χ1) is 12.9. The highest BCUT2D eigenvalue weighted by Gasteiger charge is 2.34. The molecule has 1 fully saturated rings. The van der Waals surface area contributed by atoms with Crippen molar-refractivity contribution < 1.29 is 9.59 Å². The number of anilines is 1. The van der Waals surface area contributed by atoms with Crippen LogP contribution >= 0.6 is 11.6 Å². The second-order valence-corrected chi connectivity index (χ2v) is 7.64. The molecule has 1 saturated heterocycles. The maximum Gasteiger partial charge on any atom is 0.255 e. The SMILES string of the molecule is CC(C)C(=O)Nc1ccc(Cl)c(C(=O)N2C[C@@H](N)[C@H](c3ccccc3)C2)c1. The molecule has 2 atom stereocenters. The molecule has 0 unspecified atom stereocenters. The summed E-state index contributed by atoms with van der Waals surface area (Å²) in [5.74, 6) is -0.335. The van der Waals surface area contributed by atoms with E-state index in [1.165, 1.54) is 0 Å². The molecule has 0 aromatic heterocycles. The molecule has 0 spiro atoms. The van der Waals surface area contributed by atoms with Gasteiger partial charge < -0.3 is 16.0 Å². The molecule has 0 saturated carbocycles. The summed E-state index contributed by atoms with van der Waals surface area (Å²) in [5.41, 5.74) is 8.36. The van der Waals surface area contributed by atoms with E-state index in [9.17, 15) is 9.59 Å². The van der Waals surface area contributed by atoms with Gasteiger partial charge in [-0.3, -0.25) is 9.59 Å². The van der Waals surface area contributed by atoms with Crippen LogP contribution in [-0.4, -0.2) is 35.8 Å². The topological polar surface area (TPSA) is 75.4 Å². The van der Waals surface area contributed by atoms with Crippen LogP contribution in [0.3, 0.4) is 0 Å². The minimum Gasteiger partial charge on any atom is -0.336 e. The molecule has 1 aliphatic heterocycles. The van der Waals surface area contributed by atoms with E-state index in [1.54, 1.807) is 23.1 Å². The fourth-order valence-corrected chi connectivity index (χ4v) is 3.47. The largest absolute Gasteiger partial charge is 0.336 e. The molecule has 6 heteroatoms. The van der Waals surface area contributed by atoms with Crippen LogP contribution in [0.2, 0.25) is 5.02 Å². The van der Waals surface area contributed by atoms with Crippen LogP contribution in [0.5, 0.6) is 0 Å². The zero-order valence-electron chi connectivity index (χ0n) is 15.5. The zero-order chi connectivity index (χ0) is 19.6. The van der Waals surface area contributed by atoms with Crippen LogP contribution < -0.4 is 11.1 Å². The van der Waals surface area contributed by atoms with Gasteiger partial charge >= 0.3 is 0 Å². The molecule has 27 heavy (non-hydrogen) atoms. The number of halogens is 1. The van der Waals surface area contributed by atoms with Crippen molar-refractivity contribution in [1.82, 2.24) is 4.90 Å². The van der Waals surface area contributed by atoms with Crippen LogP contribution in [0.1, 0.15) is 35.7 Å². The first kappa shape index (κ1) is 19.4. The molecule has 2 amide bonds. The molecular formula is C21H24ClN3O2. The fraction of sp³-hybridized carbons (Fsp3) is 0.333. The molecule has 1 aliphatic rings. The quantitative estimate of drug-likeness (QED) is 0.845. The van der Waals surface area contributed by atoms with Gasteiger partial charge in [-0.25, -0.2) is 0 Å². The van der Waals surface area contributed by atoms with Crippen molar-refractivity contribution in [2.45, 2.75) is 25.8 Å². The minimum absolute atomic E-state index is 0.0951. The van der Waals surface area contributed by atoms with Crippen LogP contribution in [0.4, 0.5) is 5.69 Å². The number of carbonyl (C=O) groups is 2. The van der Waals surface area contributed by atoms with E-state index >= 15 is 0 Å². The van der Waals surface area contributed by atoms with Gasteiger partial charge in [0.05, 0.1) is 10.6 Å². The van der Waals surface area contributed by atoms with Gasteiger partial charge in [0, 0.05) is 36.7 Å². The maximum atomic E-state index is 13.0. The highest BCUT2D eigenvalue weighted by molar-refractivity contribution is 6.34. The summed E-state index contributed by atoms with van der Waals surface area (Å²) >= 11 is 6.27. The van der Waals surface area contributed by atoms with E-state index in [0.29, 0.717) is 29.4 Å². The Kier molecular flexibility index (Phi) is 5.82. The van der Waals surface area contributed by atoms with Gasteiger partial charge in [-0.1, -0.05) is 55.8 Å². The summed E-state index contributed by atoms with van der Waals surface area (Å²) in [4.78, 5) is 26.7. The number of amides is 2. The normalized spacial score (nSPS) is 19.4. The van der Waals surface area contributed by atoms with Crippen molar-refractivity contribution in [2.75, 3.05) is 18.4 Å². The Morgan fingerprint density at radius 1 is 1.15 bits per heavy atom. The van der Waals surface area contributed by atoms with Gasteiger partial charge in [0.1, 0.15) is 0 Å². The molecule has 2 aromatic carbocycles. The number of rotatable bonds is 4. The Balaban J connectivity index is 1.79. The number of nitrogens with two attached hydrogens (primary N) is 1. The molecule has 142 valence electrons. The summed E-state index contributed by atoms with van der Waals surface area (Å²) in [6.07, 6.45) is 0. The molecule has 0 bridgehead atoms. The predicted octanol–water partition coefficient (Wildman–Crippen LogP) is 3.50. The first-order valence-electron chi connectivity index (χ1n) is 9.07. The molecule has 2 aromatic rings. The Morgan fingerprint density at radius 3 is 2.52 bits per heavy atom. The monoisotopic (exact) mass is 385 g/mol. The minimum atomic E-state index is -0.172. The van der Waals surface area contributed by atoms with Crippen molar-refractivity contribution >= 4 is 29.1 Å². The Labute approximate surface area is 164 Å². The van der Waals surface area contributed by atoms with E-state index in [-0.39, 0.29) is 29.7 Å². The van der Waals surface area contributed by atoms with Crippen molar-refractivity contribution in [3.05, 3.63) is 64.7 Å². The summed E-state index contributed by atoms with van der Waals surface area (Å²) in [7, 11) is 0. The lowest BCUT2D eigenvalue weighted by molar-refractivity contribution is -0.118. The van der Waals surface area contributed by atoms with Crippen LogP contribution in [0, 0.1) is 5.92 Å². The van der Waals surface area contributed by atoms with Crippen LogP contribution in [-0.2, 0) is 4.79 Å². The average molecular weight is 386 g/mol. The molecule has 3 rings (SSSR count). The van der Waals surface area contributed by atoms with Gasteiger partial charge in [0.25, 0.3) is 5.91 Å². The van der Waals surface area contributed by atoms with Gasteiger partial charge in [-0.15, -0.1) is 0 Å². The van der Waals surface area contributed by atoms with Crippen molar-refractivity contribution in [3.63, 3.8) is 0 Å². The number of nitrogens with one attached hydrogen (secondary N) is 1. The van der Waals surface area contributed by atoms with E-state index in [0.717, 1.165) is 5.56 Å². The number of hydrogen-bond acceptors (Lipinski definition) is 3. The van der Waals surface area contributed by atoms with E-state index in [2.05, 4.69) is 5.32 Å². The third kappa shape index (κ3) is 4.31. The van der Waals surface area contributed by atoms with Crippen molar-refractivity contribution in [2.24, 2.45) is 11.7 Å². The number of carbonyl (C=O) groups excluding carboxylic acids is 2. The lowest BCUT2D eigenvalue weighted by Crippen LogP contribution is -2.32. The molecule has 3 N–H and O–H groups in total. The van der Waals surface area contributed by atoms with Crippen LogP contribution in [0.15, 0.2) is 48.5 Å². The first-order valence-corrected chi connectivity index (χ1v) is 9.45. The third-order valence-corrected chi connectivity index (χ3v) is 5.20. The van der Waals surface area contributed by atoms with Gasteiger partial charge in [-0.05, 0) is 23.8 Å². The molecular weight excluding hydrogens is 362 g/mol. The summed E-state index contributed by atoms with van der Waals surface area (Å²) in [5, 5.41) is 3.17. The predicted molar refractivity (Wildman–Crippen MR) is 108 cm³/mol. The Hall–Kier alpha value is -2.37. The van der Waals surface area contributed by atoms with E-state index in [4.69, 9.17) is 17.3 Å². The maximum absolute atomic E-state index is 13.0. The number of nitrogens with zero attached hydrogens (tertiary/aromatic N) is 1. The number of benzene rings is 2. The number of likely N-dealkylation sites (tertiary alicyclic amines) is 1. The smallest absolute Gasteiger partial charge is 0.255 e. The van der Waals surface area contributed by atoms with Crippen molar-refractivity contribution in [3.8, 4) is 0 Å². The second kappa shape index (κ2) is 8.11. The third-order valence-electron chi connectivity index (χ3n) is 4.87. The summed E-state index contributed by atoms with van der Waals surface area (Å²) in [6, 6.07) is 14.8. The molecule has 5 nitrogen and oxygen atoms in total. The zero-order valence-corrected chi connectivity index (χ0v) is 16.2. The highest BCUT2D eigenvalue weighted by Crippen LogP contribution is 2.29. The number of hydrogen-bond donors (Lipinski definition) is 2. The highest BCUT2D eigenvalue weighted by atomic mass is 35.5. The van der Waals surface area contributed by atoms with Gasteiger partial charge in [0.15, 0.2) is 0 Å². The fourth-order valence-electron chi connectivity index (χ4n) is 3.27. The summed E-state index contributed by atoms with van der Waals surface area (Å²) < 4.78 is 0. The summed E-state index contributed by atoms with van der Waals surface area (Å²) in [6.45, 7) is 4.64. The average Bonchev–Trinajstić information content (AvgIpc) is 3.05. The van der Waals surface area contributed by atoms with Crippen molar-refractivity contribution in [1.29, 1.82) is 0 Å². The molecule has 0 radical (unpaired) electrons. The van der Waals surface area contributed by atoms with E-state index < -0.39 is 0 Å². The lowest BCUT2D eigenvalue weighted by Gasteiger charge is -2.18. The van der Waals surface area contributed by atoms with Gasteiger partial charge in [0.2, 0.25) is 5.91 Å². The Bertz CT molecular complexity index is 839. The standard InChI is InChI=1S/C21H24ClN3O2/c1-13(2)20(26)24-15-8-9-18(22)16(10-15)21(27)25-11-17(19(23)12-25)14-6-4-3-5-7-14/h3-10,13,17,19H,11-12,23H2,1-2H3,(H,24,26)/t17-,19+/m0/s1. The lowest BCUT2D eigenvalue weighted by atomic mass is 9.95. The van der Waals surface area contributed by atoms with E-state index in [1.807, 2.05) is 44.2 Å². The molecule has 1 heterocycles. The van der Waals surface area contributed by atoms with Gasteiger partial charge in [-0.2, -0.15) is 0 Å².